The van der Waals surface area contributed by atoms with Crippen LogP contribution >= 0.6 is 0 Å². The van der Waals surface area contributed by atoms with Gasteiger partial charge in [-0.3, -0.25) is 30.0 Å². The molecule has 1 atom stereocenters. The Kier molecular flexibility index (Phi) is 9.28. The van der Waals surface area contributed by atoms with Crippen LogP contribution in [0.5, 0.6) is 17.2 Å². The summed E-state index contributed by atoms with van der Waals surface area (Å²) >= 11 is 0. The zero-order valence-electron chi connectivity index (χ0n) is 20.8. The third-order valence-corrected chi connectivity index (χ3v) is 6.20. The van der Waals surface area contributed by atoms with Crippen LogP contribution in [0.4, 0.5) is 0 Å². The number of aryl methyl sites for hydroxylation is 1. The molecule has 0 aromatic heterocycles. The van der Waals surface area contributed by atoms with Crippen LogP contribution in [0.2, 0.25) is 0 Å². The normalized spacial score (nSPS) is 15.5. The van der Waals surface area contributed by atoms with Gasteiger partial charge in [-0.2, -0.15) is 0 Å². The van der Waals surface area contributed by atoms with Gasteiger partial charge in [-0.15, -0.1) is 0 Å². The number of Topliss-reactive ketones (excluding diaryl/α,β-unsaturated/α-hetero) is 1. The van der Waals surface area contributed by atoms with Gasteiger partial charge in [0.25, 0.3) is 11.8 Å². The van der Waals surface area contributed by atoms with Crippen LogP contribution in [0, 0.1) is 5.41 Å². The number of nitrogens with zero attached hydrogens (tertiary/aromatic N) is 1. The summed E-state index contributed by atoms with van der Waals surface area (Å²) in [6.07, 6.45) is 2.02. The van der Waals surface area contributed by atoms with Crippen LogP contribution < -0.4 is 25.1 Å². The highest BCUT2D eigenvalue weighted by atomic mass is 16.5. The van der Waals surface area contributed by atoms with Gasteiger partial charge in [-0.05, 0) is 43.4 Å². The molecule has 34 heavy (non-hydrogen) atoms. The maximum Gasteiger partial charge on any atom is 0.291 e. The molecule has 1 aliphatic rings. The maximum atomic E-state index is 12.7. The van der Waals surface area contributed by atoms with Crippen molar-refractivity contribution in [1.82, 2.24) is 15.8 Å². The molecule has 10 heteroatoms. The zero-order chi connectivity index (χ0) is 25.5. The van der Waals surface area contributed by atoms with Gasteiger partial charge < -0.3 is 19.1 Å². The molecule has 1 aliphatic heterocycles. The third kappa shape index (κ3) is 6.18. The molecule has 2 N–H and O–H groups in total. The fraction of sp³-hybridized carbons (Fsp3) is 0.583. The van der Waals surface area contributed by atoms with Crippen molar-refractivity contribution in [3.05, 3.63) is 17.7 Å². The van der Waals surface area contributed by atoms with E-state index < -0.39 is 35.0 Å². The highest BCUT2D eigenvalue weighted by molar-refractivity contribution is 6.38. The summed E-state index contributed by atoms with van der Waals surface area (Å²) in [4.78, 5) is 51.5. The van der Waals surface area contributed by atoms with Gasteiger partial charge in [0.2, 0.25) is 17.4 Å². The van der Waals surface area contributed by atoms with Crippen molar-refractivity contribution < 1.29 is 33.4 Å². The summed E-state index contributed by atoms with van der Waals surface area (Å²) in [5.41, 5.74) is 4.78. The van der Waals surface area contributed by atoms with E-state index in [-0.39, 0.29) is 6.42 Å². The van der Waals surface area contributed by atoms with Crippen LogP contribution in [-0.2, 0) is 25.6 Å². The number of ketones is 1. The lowest BCUT2D eigenvalue weighted by atomic mass is 9.84. The number of hydrogen-bond acceptors (Lipinski definition) is 7. The van der Waals surface area contributed by atoms with Crippen molar-refractivity contribution >= 4 is 23.5 Å². The molecule has 0 spiro atoms. The summed E-state index contributed by atoms with van der Waals surface area (Å²) in [5, 5.41) is 0. The van der Waals surface area contributed by atoms with Crippen LogP contribution in [0.15, 0.2) is 12.1 Å². The van der Waals surface area contributed by atoms with Gasteiger partial charge in [0.15, 0.2) is 11.5 Å². The molecule has 1 heterocycles. The fourth-order valence-corrected chi connectivity index (χ4v) is 3.68. The minimum atomic E-state index is -0.792. The van der Waals surface area contributed by atoms with E-state index in [1.807, 2.05) is 6.92 Å². The van der Waals surface area contributed by atoms with E-state index in [4.69, 9.17) is 14.2 Å². The number of rotatable bonds is 10. The molecule has 188 valence electrons. The minimum Gasteiger partial charge on any atom is -0.493 e. The Morgan fingerprint density at radius 3 is 2.18 bits per heavy atom. The van der Waals surface area contributed by atoms with E-state index in [0.29, 0.717) is 49.5 Å². The predicted molar refractivity (Wildman–Crippen MR) is 125 cm³/mol. The SMILES string of the molecule is CCC(C)(C)C(=O)C(=O)N1CCC[C@H]1C(=O)NNC(=O)CCc1cc(OC)c(OC)c(OC)c1. The van der Waals surface area contributed by atoms with E-state index >= 15 is 0 Å². The summed E-state index contributed by atoms with van der Waals surface area (Å²) < 4.78 is 15.9. The highest BCUT2D eigenvalue weighted by Crippen LogP contribution is 2.38. The molecule has 0 unspecified atom stereocenters. The van der Waals surface area contributed by atoms with Gasteiger partial charge in [-0.25, -0.2) is 0 Å². The Hall–Kier alpha value is -3.30. The lowest BCUT2D eigenvalue weighted by Crippen LogP contribution is -2.53. The van der Waals surface area contributed by atoms with E-state index in [0.717, 1.165) is 5.56 Å². The number of methoxy groups -OCH3 is 3. The van der Waals surface area contributed by atoms with Crippen molar-refractivity contribution in [3.63, 3.8) is 0 Å². The third-order valence-electron chi connectivity index (χ3n) is 6.20. The topological polar surface area (TPSA) is 123 Å². The number of carbonyl (C=O) groups excluding carboxylic acids is 4. The largest absolute Gasteiger partial charge is 0.493 e. The first-order chi connectivity index (χ1) is 16.1. The molecule has 1 saturated heterocycles. The number of hydrazine groups is 1. The number of benzene rings is 1. The Balaban J connectivity index is 1.93. The van der Waals surface area contributed by atoms with Gasteiger partial charge in [0.05, 0.1) is 21.3 Å². The Bertz CT molecular complexity index is 904. The van der Waals surface area contributed by atoms with E-state index in [9.17, 15) is 19.2 Å². The smallest absolute Gasteiger partial charge is 0.291 e. The highest BCUT2D eigenvalue weighted by Gasteiger charge is 2.41. The first-order valence-corrected chi connectivity index (χ1v) is 11.3. The standard InChI is InChI=1S/C24H35N3O7/c1-7-24(2,3)21(29)23(31)27-12-8-9-16(27)22(30)26-25-19(28)11-10-15-13-17(32-4)20(34-6)18(14-15)33-5/h13-14,16H,7-12H2,1-6H3,(H,25,28)(H,26,30)/t16-/m0/s1. The Labute approximate surface area is 200 Å². The number of hydrogen-bond donors (Lipinski definition) is 2. The first kappa shape index (κ1) is 26.9. The van der Waals surface area contributed by atoms with E-state index in [1.54, 1.807) is 26.0 Å². The van der Waals surface area contributed by atoms with Crippen LogP contribution in [0.1, 0.15) is 52.0 Å². The average Bonchev–Trinajstić information content (AvgIpc) is 3.34. The monoisotopic (exact) mass is 477 g/mol. The molecule has 1 aromatic rings. The van der Waals surface area contributed by atoms with E-state index in [2.05, 4.69) is 10.9 Å². The summed E-state index contributed by atoms with van der Waals surface area (Å²) in [6, 6.07) is 2.72. The summed E-state index contributed by atoms with van der Waals surface area (Å²) in [7, 11) is 4.53. The Morgan fingerprint density at radius 2 is 1.65 bits per heavy atom. The zero-order valence-corrected chi connectivity index (χ0v) is 20.8. The van der Waals surface area contributed by atoms with E-state index in [1.165, 1.54) is 26.2 Å². The second kappa shape index (κ2) is 11.7. The van der Waals surface area contributed by atoms with Gasteiger partial charge >= 0.3 is 0 Å². The van der Waals surface area contributed by atoms with Gasteiger partial charge in [-0.1, -0.05) is 20.8 Å². The van der Waals surface area contributed by atoms with Crippen LogP contribution in [-0.4, -0.2) is 62.3 Å². The molecule has 0 aliphatic carbocycles. The summed E-state index contributed by atoms with van der Waals surface area (Å²) in [5.74, 6) is -0.658. The molecule has 1 aromatic carbocycles. The maximum absolute atomic E-state index is 12.7. The summed E-state index contributed by atoms with van der Waals surface area (Å²) in [6.45, 7) is 5.60. The fourth-order valence-electron chi connectivity index (χ4n) is 3.68. The second-order valence-corrected chi connectivity index (χ2v) is 8.79. The molecule has 10 nitrogen and oxygen atoms in total. The number of nitrogens with one attached hydrogen (secondary N) is 2. The number of ether oxygens (including phenoxy) is 3. The quantitative estimate of drug-likeness (QED) is 0.389. The Morgan fingerprint density at radius 1 is 1.03 bits per heavy atom. The first-order valence-electron chi connectivity index (χ1n) is 11.3. The van der Waals surface area contributed by atoms with Crippen LogP contribution in [0.3, 0.4) is 0 Å². The number of amides is 3. The molecule has 1 fully saturated rings. The van der Waals surface area contributed by atoms with Crippen molar-refractivity contribution in [2.45, 2.75) is 58.9 Å². The van der Waals surface area contributed by atoms with Gasteiger partial charge in [0, 0.05) is 18.4 Å². The van der Waals surface area contributed by atoms with Gasteiger partial charge in [0.1, 0.15) is 6.04 Å². The molecule has 0 saturated carbocycles. The van der Waals surface area contributed by atoms with Crippen molar-refractivity contribution in [3.8, 4) is 17.2 Å². The lowest BCUT2D eigenvalue weighted by molar-refractivity contribution is -0.151. The average molecular weight is 478 g/mol. The molecule has 3 amide bonds. The van der Waals surface area contributed by atoms with Crippen molar-refractivity contribution in [1.29, 1.82) is 0 Å². The second-order valence-electron chi connectivity index (χ2n) is 8.79. The molecule has 2 rings (SSSR count). The lowest BCUT2D eigenvalue weighted by Gasteiger charge is -2.27. The predicted octanol–water partition coefficient (Wildman–Crippen LogP) is 1.79. The minimum absolute atomic E-state index is 0.0927. The number of likely N-dealkylation sites (tertiary alicyclic amines) is 1. The molecule has 0 bridgehead atoms. The molecular weight excluding hydrogens is 442 g/mol. The van der Waals surface area contributed by atoms with Crippen molar-refractivity contribution in [2.75, 3.05) is 27.9 Å². The van der Waals surface area contributed by atoms with Crippen molar-refractivity contribution in [2.24, 2.45) is 5.41 Å². The number of carbonyl (C=O) groups is 4. The molecular formula is C24H35N3O7. The van der Waals surface area contributed by atoms with Crippen LogP contribution in [0.25, 0.3) is 0 Å². The molecule has 0 radical (unpaired) electrons.